The van der Waals surface area contributed by atoms with Gasteiger partial charge in [0.2, 0.25) is 5.91 Å². The summed E-state index contributed by atoms with van der Waals surface area (Å²) in [6, 6.07) is 17.2. The summed E-state index contributed by atoms with van der Waals surface area (Å²) in [5.74, 6) is -0.280. The summed E-state index contributed by atoms with van der Waals surface area (Å²) in [6.45, 7) is 2.26. The third-order valence-corrected chi connectivity index (χ3v) is 6.96. The molecule has 0 unspecified atom stereocenters. The molecule has 1 aromatic heterocycles. The van der Waals surface area contributed by atoms with Crippen LogP contribution >= 0.6 is 11.6 Å². The third-order valence-electron chi connectivity index (χ3n) is 6.71. The molecule has 2 amide bonds. The van der Waals surface area contributed by atoms with Crippen LogP contribution in [-0.4, -0.2) is 28.0 Å². The predicted octanol–water partition coefficient (Wildman–Crippen LogP) is 5.16. The maximum atomic E-state index is 13.8. The van der Waals surface area contributed by atoms with Crippen LogP contribution in [0.5, 0.6) is 0 Å². The average molecular weight is 436 g/mol. The molecular weight excluding hydrogens is 410 g/mol. The smallest absolute Gasteiger partial charge is 0.275 e. The molecule has 1 aliphatic carbocycles. The Morgan fingerprint density at radius 3 is 2.52 bits per heavy atom. The van der Waals surface area contributed by atoms with Gasteiger partial charge in [0, 0.05) is 27.7 Å². The zero-order valence-electron chi connectivity index (χ0n) is 17.6. The molecule has 6 heteroatoms. The molecule has 1 atom stereocenters. The molecule has 5 nitrogen and oxygen atoms in total. The molecule has 2 aromatic carbocycles. The Bertz CT molecular complexity index is 1150. The predicted molar refractivity (Wildman–Crippen MR) is 124 cm³/mol. The first-order valence-electron chi connectivity index (χ1n) is 11.0. The number of nitrogens with one attached hydrogen (secondary N) is 1. The van der Waals surface area contributed by atoms with Gasteiger partial charge >= 0.3 is 0 Å². The Hall–Kier alpha value is -2.79. The Morgan fingerprint density at radius 2 is 1.77 bits per heavy atom. The van der Waals surface area contributed by atoms with Crippen LogP contribution in [0.4, 0.5) is 5.69 Å². The Labute approximate surface area is 187 Å². The molecule has 1 aliphatic heterocycles. The van der Waals surface area contributed by atoms with Crippen LogP contribution in [0.1, 0.15) is 49.5 Å². The van der Waals surface area contributed by atoms with Crippen molar-refractivity contribution in [2.24, 2.45) is 0 Å². The number of anilines is 1. The Morgan fingerprint density at radius 1 is 1.06 bits per heavy atom. The second kappa shape index (κ2) is 7.72. The van der Waals surface area contributed by atoms with Gasteiger partial charge < -0.3 is 9.88 Å². The zero-order chi connectivity index (χ0) is 21.6. The molecule has 0 radical (unpaired) electrons. The maximum Gasteiger partial charge on any atom is 0.275 e. The third kappa shape index (κ3) is 3.41. The van der Waals surface area contributed by atoms with Gasteiger partial charge in [-0.3, -0.25) is 14.5 Å². The first kappa shape index (κ1) is 20.1. The van der Waals surface area contributed by atoms with Crippen LogP contribution in [0.25, 0.3) is 10.9 Å². The van der Waals surface area contributed by atoms with E-state index >= 15 is 0 Å². The van der Waals surface area contributed by atoms with Crippen LogP contribution in [0, 0.1) is 0 Å². The van der Waals surface area contributed by atoms with Gasteiger partial charge in [-0.15, -0.1) is 0 Å². The fourth-order valence-electron chi connectivity index (χ4n) is 5.03. The molecule has 1 fully saturated rings. The number of fused-ring (bicyclic) bond motifs is 3. The summed E-state index contributed by atoms with van der Waals surface area (Å²) in [5, 5.41) is 4.85. The van der Waals surface area contributed by atoms with Crippen molar-refractivity contribution in [1.82, 2.24) is 9.88 Å². The minimum absolute atomic E-state index is 0.105. The standard InChI is InChI=1S/C25H26ClN3O2/c1-25(24(31)27-19-8-3-2-4-9-19)16-28-21-10-6-5-7-17(21)15-22(28)23(30)29(25)20-13-11-18(26)12-14-20/h5-7,10-15,19H,2-4,8-9,16H2,1H3,(H,27,31)/t25-/m1/s1. The molecule has 2 heterocycles. The SMILES string of the molecule is C[C@]1(C(=O)NC2CCCCC2)Cn2c(cc3ccccc32)C(=O)N1c1ccc(Cl)cc1. The molecule has 3 aromatic rings. The molecule has 1 saturated carbocycles. The molecule has 2 aliphatic rings. The van der Waals surface area contributed by atoms with Gasteiger partial charge in [-0.1, -0.05) is 49.1 Å². The summed E-state index contributed by atoms with van der Waals surface area (Å²) >= 11 is 6.10. The second-order valence-corrected chi connectivity index (χ2v) is 9.31. The number of halogens is 1. The molecule has 0 spiro atoms. The van der Waals surface area contributed by atoms with Gasteiger partial charge in [0.15, 0.2) is 0 Å². The van der Waals surface area contributed by atoms with Crippen molar-refractivity contribution in [3.05, 3.63) is 65.3 Å². The molecule has 0 saturated heterocycles. The van der Waals surface area contributed by atoms with Crippen LogP contribution < -0.4 is 10.2 Å². The highest BCUT2D eigenvalue weighted by Gasteiger charge is 2.49. The normalized spacial score (nSPS) is 21.9. The summed E-state index contributed by atoms with van der Waals surface area (Å²) < 4.78 is 1.99. The van der Waals surface area contributed by atoms with E-state index in [1.165, 1.54) is 6.42 Å². The topological polar surface area (TPSA) is 54.3 Å². The second-order valence-electron chi connectivity index (χ2n) is 8.87. The summed E-state index contributed by atoms with van der Waals surface area (Å²) in [6.07, 6.45) is 5.47. The summed E-state index contributed by atoms with van der Waals surface area (Å²) in [7, 11) is 0. The van der Waals surface area contributed by atoms with Gasteiger partial charge in [-0.05, 0) is 56.2 Å². The van der Waals surface area contributed by atoms with E-state index in [2.05, 4.69) is 5.32 Å². The lowest BCUT2D eigenvalue weighted by Crippen LogP contribution is -2.65. The van der Waals surface area contributed by atoms with Crippen molar-refractivity contribution >= 4 is 40.0 Å². The number of aromatic nitrogens is 1. The van der Waals surface area contributed by atoms with E-state index < -0.39 is 5.54 Å². The molecule has 0 bridgehead atoms. The number of nitrogens with zero attached hydrogens (tertiary/aromatic N) is 2. The molecule has 160 valence electrons. The molecule has 5 rings (SSSR count). The van der Waals surface area contributed by atoms with E-state index in [0.717, 1.165) is 36.6 Å². The minimum atomic E-state index is -1.06. The first-order chi connectivity index (χ1) is 15.0. The van der Waals surface area contributed by atoms with E-state index in [1.807, 2.05) is 54.0 Å². The Kier molecular flexibility index (Phi) is 5.01. The zero-order valence-corrected chi connectivity index (χ0v) is 18.4. The number of benzene rings is 2. The fourth-order valence-corrected chi connectivity index (χ4v) is 5.15. The number of carbonyl (C=O) groups excluding carboxylic acids is 2. The summed E-state index contributed by atoms with van der Waals surface area (Å²) in [4.78, 5) is 29.1. The molecule has 31 heavy (non-hydrogen) atoms. The van der Waals surface area contributed by atoms with Gasteiger partial charge in [-0.2, -0.15) is 0 Å². The lowest BCUT2D eigenvalue weighted by atomic mass is 9.91. The van der Waals surface area contributed by atoms with Crippen molar-refractivity contribution < 1.29 is 9.59 Å². The van der Waals surface area contributed by atoms with Gasteiger partial charge in [-0.25, -0.2) is 0 Å². The minimum Gasteiger partial charge on any atom is -0.351 e. The largest absolute Gasteiger partial charge is 0.351 e. The van der Waals surface area contributed by atoms with Crippen molar-refractivity contribution in [3.8, 4) is 0 Å². The number of rotatable bonds is 3. The van der Waals surface area contributed by atoms with Crippen molar-refractivity contribution in [2.75, 3.05) is 4.90 Å². The van der Waals surface area contributed by atoms with E-state index in [9.17, 15) is 9.59 Å². The maximum absolute atomic E-state index is 13.8. The van der Waals surface area contributed by atoms with Crippen molar-refractivity contribution in [3.63, 3.8) is 0 Å². The van der Waals surface area contributed by atoms with Gasteiger partial charge in [0.1, 0.15) is 11.2 Å². The number of para-hydroxylation sites is 1. The lowest BCUT2D eigenvalue weighted by molar-refractivity contribution is -0.127. The lowest BCUT2D eigenvalue weighted by Gasteiger charge is -2.44. The van der Waals surface area contributed by atoms with Crippen LogP contribution in [0.15, 0.2) is 54.6 Å². The van der Waals surface area contributed by atoms with Gasteiger partial charge in [0.05, 0.1) is 6.54 Å². The highest BCUT2D eigenvalue weighted by molar-refractivity contribution is 6.30. The van der Waals surface area contributed by atoms with Crippen LogP contribution in [-0.2, 0) is 11.3 Å². The number of hydrogen-bond donors (Lipinski definition) is 1. The summed E-state index contributed by atoms with van der Waals surface area (Å²) in [5.41, 5.74) is 1.18. The van der Waals surface area contributed by atoms with Crippen LogP contribution in [0.2, 0.25) is 5.02 Å². The van der Waals surface area contributed by atoms with E-state index in [0.29, 0.717) is 22.9 Å². The Balaban J connectivity index is 1.61. The first-order valence-corrected chi connectivity index (χ1v) is 11.3. The molecule has 1 N–H and O–H groups in total. The number of hydrogen-bond acceptors (Lipinski definition) is 2. The van der Waals surface area contributed by atoms with Crippen molar-refractivity contribution in [1.29, 1.82) is 0 Å². The number of carbonyl (C=O) groups is 2. The average Bonchev–Trinajstić information content (AvgIpc) is 3.14. The van der Waals surface area contributed by atoms with E-state index in [-0.39, 0.29) is 17.9 Å². The fraction of sp³-hybridized carbons (Fsp3) is 0.360. The van der Waals surface area contributed by atoms with Gasteiger partial charge in [0.25, 0.3) is 5.91 Å². The quantitative estimate of drug-likeness (QED) is 0.617. The van der Waals surface area contributed by atoms with Crippen LogP contribution in [0.3, 0.4) is 0 Å². The molecular formula is C25H26ClN3O2. The van der Waals surface area contributed by atoms with Crippen molar-refractivity contribution in [2.45, 2.75) is 57.2 Å². The number of amides is 2. The van der Waals surface area contributed by atoms with E-state index in [4.69, 9.17) is 11.6 Å². The highest BCUT2D eigenvalue weighted by atomic mass is 35.5. The van der Waals surface area contributed by atoms with E-state index in [1.54, 1.807) is 17.0 Å². The highest BCUT2D eigenvalue weighted by Crippen LogP contribution is 2.36. The monoisotopic (exact) mass is 435 g/mol.